The minimum atomic E-state index is -0.630. The van der Waals surface area contributed by atoms with Crippen LogP contribution in [0.2, 0.25) is 5.02 Å². The zero-order chi connectivity index (χ0) is 33.7. The van der Waals surface area contributed by atoms with Crippen LogP contribution in [0.15, 0.2) is 79.0 Å². The highest BCUT2D eigenvalue weighted by Crippen LogP contribution is 2.45. The van der Waals surface area contributed by atoms with Gasteiger partial charge in [0.05, 0.1) is 32.9 Å². The van der Waals surface area contributed by atoms with Gasteiger partial charge in [-0.1, -0.05) is 48.0 Å². The SMILES string of the molecule is Cc1cc2nc(-c3cccc(-c4ccc5c(cnn5C)c4)c3)sc2c(-c2ccc(Cl)cc2)c1[C@@H](COC(=O)C(C)(C)C)OC(C)(C)C. The van der Waals surface area contributed by atoms with Gasteiger partial charge in [0.1, 0.15) is 17.7 Å². The topological polar surface area (TPSA) is 66.2 Å². The Morgan fingerprint density at radius 3 is 2.30 bits per heavy atom. The van der Waals surface area contributed by atoms with E-state index < -0.39 is 17.1 Å². The number of aromatic nitrogens is 3. The average molecular weight is 666 g/mol. The number of ether oxygens (including phenoxy) is 2. The molecule has 0 unspecified atom stereocenters. The summed E-state index contributed by atoms with van der Waals surface area (Å²) in [5, 5.41) is 7.08. The van der Waals surface area contributed by atoms with E-state index in [-0.39, 0.29) is 12.6 Å². The first-order chi connectivity index (χ1) is 22.2. The van der Waals surface area contributed by atoms with Gasteiger partial charge in [0.2, 0.25) is 0 Å². The van der Waals surface area contributed by atoms with Crippen molar-refractivity contribution in [2.24, 2.45) is 12.5 Å². The van der Waals surface area contributed by atoms with Gasteiger partial charge in [0.15, 0.2) is 0 Å². The van der Waals surface area contributed by atoms with Crippen molar-refractivity contribution in [2.75, 3.05) is 6.61 Å². The second-order valence-electron chi connectivity index (χ2n) is 14.0. The first-order valence-corrected chi connectivity index (χ1v) is 16.9. The van der Waals surface area contributed by atoms with Crippen molar-refractivity contribution >= 4 is 50.0 Å². The number of thiazole rings is 1. The lowest BCUT2D eigenvalue weighted by Crippen LogP contribution is -2.30. The standard InChI is InChI=1S/C39H40ClN3O3S/c1-23-18-30-35(47-36(42-30)27-11-9-10-25(19-27)26-14-17-31-28(20-26)21-41-43(31)8)34(24-12-15-29(40)16-13-24)33(23)32(46-39(5,6)7)22-45-37(44)38(2,3)4/h9-21,32H,22H2,1-8H3/t32-/m1/s1. The summed E-state index contributed by atoms with van der Waals surface area (Å²) in [6.45, 7) is 13.8. The molecule has 0 spiro atoms. The van der Waals surface area contributed by atoms with Crippen LogP contribution in [-0.4, -0.2) is 32.9 Å². The van der Waals surface area contributed by atoms with Gasteiger partial charge >= 0.3 is 5.97 Å². The molecule has 2 aromatic heterocycles. The van der Waals surface area contributed by atoms with E-state index in [1.165, 1.54) is 0 Å². The molecule has 0 N–H and O–H groups in total. The Bertz CT molecular complexity index is 2100. The van der Waals surface area contributed by atoms with Crippen molar-refractivity contribution in [2.45, 2.75) is 60.2 Å². The molecule has 2 heterocycles. The fourth-order valence-electron chi connectivity index (χ4n) is 5.80. The van der Waals surface area contributed by atoms with Crippen LogP contribution in [0.1, 0.15) is 58.8 Å². The van der Waals surface area contributed by atoms with E-state index >= 15 is 0 Å². The highest BCUT2D eigenvalue weighted by Gasteiger charge is 2.31. The van der Waals surface area contributed by atoms with Crippen molar-refractivity contribution in [1.29, 1.82) is 0 Å². The summed E-state index contributed by atoms with van der Waals surface area (Å²) in [5.74, 6) is -0.269. The zero-order valence-electron chi connectivity index (χ0n) is 28.1. The molecule has 242 valence electrons. The normalized spacial score (nSPS) is 13.0. The third-order valence-corrected chi connectivity index (χ3v) is 9.44. The minimum Gasteiger partial charge on any atom is -0.462 e. The predicted molar refractivity (Wildman–Crippen MR) is 194 cm³/mol. The number of hydrogen-bond acceptors (Lipinski definition) is 6. The molecule has 0 aliphatic rings. The number of carbonyl (C=O) groups is 1. The Hall–Kier alpha value is -4.04. The number of nitrogens with zero attached hydrogens (tertiary/aromatic N) is 3. The van der Waals surface area contributed by atoms with Crippen LogP contribution in [0.3, 0.4) is 0 Å². The summed E-state index contributed by atoms with van der Waals surface area (Å²) in [4.78, 5) is 18.1. The molecule has 4 aromatic carbocycles. The lowest BCUT2D eigenvalue weighted by Gasteiger charge is -2.31. The van der Waals surface area contributed by atoms with Crippen LogP contribution >= 0.6 is 22.9 Å². The molecule has 0 saturated heterocycles. The maximum atomic E-state index is 12.9. The zero-order valence-corrected chi connectivity index (χ0v) is 29.7. The monoisotopic (exact) mass is 665 g/mol. The Morgan fingerprint density at radius 2 is 1.60 bits per heavy atom. The highest BCUT2D eigenvalue weighted by atomic mass is 35.5. The van der Waals surface area contributed by atoms with Gasteiger partial charge in [-0.3, -0.25) is 9.48 Å². The first-order valence-electron chi connectivity index (χ1n) is 15.8. The molecule has 6 nitrogen and oxygen atoms in total. The lowest BCUT2D eigenvalue weighted by atomic mass is 9.91. The van der Waals surface area contributed by atoms with Gasteiger partial charge in [-0.15, -0.1) is 11.3 Å². The van der Waals surface area contributed by atoms with E-state index in [1.54, 1.807) is 11.3 Å². The van der Waals surface area contributed by atoms with Crippen molar-refractivity contribution in [1.82, 2.24) is 14.8 Å². The number of esters is 1. The van der Waals surface area contributed by atoms with Crippen LogP contribution < -0.4 is 0 Å². The number of hydrogen-bond donors (Lipinski definition) is 0. The van der Waals surface area contributed by atoms with Crippen LogP contribution in [0, 0.1) is 12.3 Å². The smallest absolute Gasteiger partial charge is 0.311 e. The van der Waals surface area contributed by atoms with Gasteiger partial charge in [-0.05, 0) is 113 Å². The third kappa shape index (κ3) is 6.98. The number of rotatable bonds is 7. The van der Waals surface area contributed by atoms with E-state index in [4.69, 9.17) is 26.1 Å². The molecule has 0 amide bonds. The maximum Gasteiger partial charge on any atom is 0.311 e. The van der Waals surface area contributed by atoms with E-state index in [0.717, 1.165) is 65.1 Å². The van der Waals surface area contributed by atoms with Crippen LogP contribution in [-0.2, 0) is 21.3 Å². The van der Waals surface area contributed by atoms with Gasteiger partial charge in [0, 0.05) is 28.6 Å². The molecule has 0 radical (unpaired) electrons. The van der Waals surface area contributed by atoms with Gasteiger partial charge in [0.25, 0.3) is 0 Å². The third-order valence-electron chi connectivity index (χ3n) is 8.05. The Morgan fingerprint density at radius 1 is 0.915 bits per heavy atom. The van der Waals surface area contributed by atoms with Gasteiger partial charge < -0.3 is 9.47 Å². The molecular formula is C39H40ClN3O3S. The minimum absolute atomic E-state index is 0.0926. The number of carbonyl (C=O) groups excluding carboxylic acids is 1. The maximum absolute atomic E-state index is 12.9. The molecule has 0 aliphatic carbocycles. The summed E-state index contributed by atoms with van der Waals surface area (Å²) in [6, 6.07) is 24.9. The van der Waals surface area contributed by atoms with Crippen molar-refractivity contribution in [3.8, 4) is 32.8 Å². The van der Waals surface area contributed by atoms with Crippen molar-refractivity contribution < 1.29 is 14.3 Å². The summed E-state index contributed by atoms with van der Waals surface area (Å²) in [7, 11) is 1.96. The Labute approximate surface area is 285 Å². The second-order valence-corrected chi connectivity index (χ2v) is 15.5. The van der Waals surface area contributed by atoms with Crippen LogP contribution in [0.25, 0.3) is 53.9 Å². The van der Waals surface area contributed by atoms with Crippen molar-refractivity contribution in [3.05, 3.63) is 95.1 Å². The van der Waals surface area contributed by atoms with Gasteiger partial charge in [-0.2, -0.15) is 5.10 Å². The molecule has 0 fully saturated rings. The van der Waals surface area contributed by atoms with Crippen LogP contribution in [0.5, 0.6) is 0 Å². The fraction of sp³-hybridized carbons (Fsp3) is 0.308. The number of benzene rings is 4. The number of fused-ring (bicyclic) bond motifs is 2. The fourth-order valence-corrected chi connectivity index (χ4v) is 7.05. The molecule has 47 heavy (non-hydrogen) atoms. The predicted octanol–water partition coefficient (Wildman–Crippen LogP) is 10.6. The van der Waals surface area contributed by atoms with Crippen LogP contribution in [0.4, 0.5) is 0 Å². The highest BCUT2D eigenvalue weighted by molar-refractivity contribution is 7.22. The van der Waals surface area contributed by atoms with E-state index in [9.17, 15) is 4.79 Å². The Kier molecular flexibility index (Phi) is 8.77. The second kappa shape index (κ2) is 12.5. The molecule has 1 atom stereocenters. The molecule has 6 aromatic rings. The largest absolute Gasteiger partial charge is 0.462 e. The molecule has 6 rings (SSSR count). The average Bonchev–Trinajstić information content (AvgIpc) is 3.61. The van der Waals surface area contributed by atoms with E-state index in [2.05, 4.69) is 60.6 Å². The molecular weight excluding hydrogens is 626 g/mol. The summed E-state index contributed by atoms with van der Waals surface area (Å²) in [5.41, 5.74) is 8.16. The molecule has 0 bridgehead atoms. The van der Waals surface area contributed by atoms with Gasteiger partial charge in [-0.25, -0.2) is 4.98 Å². The summed E-state index contributed by atoms with van der Waals surface area (Å²) in [6.07, 6.45) is 1.39. The van der Waals surface area contributed by atoms with Crippen molar-refractivity contribution in [3.63, 3.8) is 0 Å². The van der Waals surface area contributed by atoms with E-state index in [0.29, 0.717) is 5.02 Å². The number of aryl methyl sites for hydroxylation is 2. The first kappa shape index (κ1) is 32.9. The number of halogens is 1. The molecule has 0 saturated carbocycles. The molecule has 8 heteroatoms. The van der Waals surface area contributed by atoms with E-state index in [1.807, 2.05) is 83.7 Å². The molecule has 0 aliphatic heterocycles. The summed E-state index contributed by atoms with van der Waals surface area (Å²) < 4.78 is 15.5. The summed E-state index contributed by atoms with van der Waals surface area (Å²) >= 11 is 8.00. The quantitative estimate of drug-likeness (QED) is 0.159. The lowest BCUT2D eigenvalue weighted by molar-refractivity contribution is -0.162. The Balaban J connectivity index is 1.49.